The minimum Gasteiger partial charge on any atom is -0.462 e. The third-order valence-electron chi connectivity index (χ3n) is 8.23. The molecule has 49 heavy (non-hydrogen) atoms. The van der Waals surface area contributed by atoms with Crippen molar-refractivity contribution in [2.75, 3.05) is 47.5 Å². The summed E-state index contributed by atoms with van der Waals surface area (Å²) in [7, 11) is 1.47. The van der Waals surface area contributed by atoms with Crippen LogP contribution >= 0.6 is 7.82 Å². The molecule has 0 saturated carbocycles. The number of rotatable bonds is 35. The predicted octanol–water partition coefficient (Wildman–Crippen LogP) is 10.4. The van der Waals surface area contributed by atoms with E-state index >= 15 is 0 Å². The van der Waals surface area contributed by atoms with Gasteiger partial charge in [0.05, 0.1) is 27.7 Å². The number of carbonyl (C=O) groups is 2. The van der Waals surface area contributed by atoms with Crippen LogP contribution in [0, 0.1) is 0 Å². The average molecular weight is 717 g/mol. The van der Waals surface area contributed by atoms with Crippen molar-refractivity contribution in [1.82, 2.24) is 0 Å². The summed E-state index contributed by atoms with van der Waals surface area (Å²) in [6.45, 7) is 4.31. The topological polar surface area (TPSA) is 108 Å². The number of hydrogen-bond acceptors (Lipinski definition) is 7. The second kappa shape index (κ2) is 32.4. The Hall–Kier alpha value is -1.51. The summed E-state index contributed by atoms with van der Waals surface area (Å²) in [6, 6.07) is 0. The van der Waals surface area contributed by atoms with Crippen molar-refractivity contribution < 1.29 is 42.1 Å². The molecule has 9 nitrogen and oxygen atoms in total. The van der Waals surface area contributed by atoms with Crippen LogP contribution in [-0.4, -0.2) is 74.9 Å². The van der Waals surface area contributed by atoms with E-state index in [1.165, 1.54) is 77.0 Å². The first-order valence-corrected chi connectivity index (χ1v) is 21.1. The molecule has 0 aliphatic heterocycles. The number of phosphoric acid groups is 1. The number of unbranched alkanes of at least 4 members (excludes halogenated alkanes) is 17. The summed E-state index contributed by atoms with van der Waals surface area (Å²) in [4.78, 5) is 35.0. The number of ether oxygens (including phenoxy) is 2. The van der Waals surface area contributed by atoms with E-state index in [1.807, 2.05) is 21.1 Å². The molecule has 0 bridgehead atoms. The molecule has 288 valence electrons. The summed E-state index contributed by atoms with van der Waals surface area (Å²) in [5, 5.41) is 0. The van der Waals surface area contributed by atoms with Gasteiger partial charge in [-0.05, 0) is 44.9 Å². The Kier molecular flexibility index (Phi) is 31.4. The molecule has 10 heteroatoms. The molecular formula is C39H75NO8P+. The molecule has 0 aromatic heterocycles. The van der Waals surface area contributed by atoms with Gasteiger partial charge in [0, 0.05) is 12.8 Å². The second-order valence-electron chi connectivity index (χ2n) is 14.3. The van der Waals surface area contributed by atoms with Crippen LogP contribution in [0.15, 0.2) is 24.3 Å². The highest BCUT2D eigenvalue weighted by Crippen LogP contribution is 2.43. The van der Waals surface area contributed by atoms with Gasteiger partial charge in [-0.15, -0.1) is 0 Å². The maximum Gasteiger partial charge on any atom is 0.472 e. The molecule has 0 aliphatic carbocycles. The van der Waals surface area contributed by atoms with E-state index in [0.717, 1.165) is 51.4 Å². The van der Waals surface area contributed by atoms with Gasteiger partial charge in [0.25, 0.3) is 0 Å². The maximum atomic E-state index is 12.6. The Morgan fingerprint density at radius 3 is 1.65 bits per heavy atom. The third-order valence-corrected chi connectivity index (χ3v) is 9.22. The Morgan fingerprint density at radius 1 is 0.633 bits per heavy atom. The number of nitrogens with zero attached hydrogens (tertiary/aromatic N) is 1. The minimum atomic E-state index is -4.36. The van der Waals surface area contributed by atoms with E-state index in [4.69, 9.17) is 18.5 Å². The van der Waals surface area contributed by atoms with Crippen LogP contribution in [0.1, 0.15) is 162 Å². The smallest absolute Gasteiger partial charge is 0.462 e. The van der Waals surface area contributed by atoms with Crippen molar-refractivity contribution in [3.63, 3.8) is 0 Å². The van der Waals surface area contributed by atoms with E-state index in [2.05, 4.69) is 38.2 Å². The highest BCUT2D eigenvalue weighted by atomic mass is 31.2. The van der Waals surface area contributed by atoms with Gasteiger partial charge in [-0.3, -0.25) is 18.6 Å². The van der Waals surface area contributed by atoms with Crippen LogP contribution in [-0.2, 0) is 32.7 Å². The molecule has 0 rings (SSSR count). The van der Waals surface area contributed by atoms with Gasteiger partial charge in [-0.2, -0.15) is 0 Å². The van der Waals surface area contributed by atoms with Crippen molar-refractivity contribution >= 4 is 19.8 Å². The standard InChI is InChI=1S/C39H74NO8P/c1-6-8-10-12-14-15-16-17-18-19-20-21-22-23-24-25-26-28-30-32-39(42)48-37(35-45-38(41)31-29-27-13-11-9-7-2)36-47-49(43,44)46-34-33-40(3,4)5/h14-15,17-18,37H,6-13,16,19-36H2,1-5H3/p+1/b15-14-,18-17-. The Labute approximate surface area is 300 Å². The molecule has 0 spiro atoms. The molecule has 0 heterocycles. The lowest BCUT2D eigenvalue weighted by Gasteiger charge is -2.24. The minimum absolute atomic E-state index is 0.0319. The fourth-order valence-corrected chi connectivity index (χ4v) is 5.84. The molecule has 2 unspecified atom stereocenters. The summed E-state index contributed by atoms with van der Waals surface area (Å²) >= 11 is 0. The van der Waals surface area contributed by atoms with Crippen LogP contribution in [0.2, 0.25) is 0 Å². The molecule has 0 aromatic carbocycles. The van der Waals surface area contributed by atoms with Crippen molar-refractivity contribution in [2.45, 2.75) is 168 Å². The number of quaternary nitrogens is 1. The SMILES string of the molecule is CCCCC/C=C\C/C=C\CCCCCCCCCCCC(=O)OC(COC(=O)CCCCCCCC)COP(=O)(O)OCC[N+](C)(C)C. The number of hydrogen-bond donors (Lipinski definition) is 1. The third kappa shape index (κ3) is 36.1. The zero-order valence-electron chi connectivity index (χ0n) is 32.2. The zero-order chi connectivity index (χ0) is 36.5. The number of likely N-dealkylation sites (N-methyl/N-ethyl adjacent to an activating group) is 1. The predicted molar refractivity (Wildman–Crippen MR) is 201 cm³/mol. The first kappa shape index (κ1) is 47.5. The van der Waals surface area contributed by atoms with Crippen molar-refractivity contribution in [1.29, 1.82) is 0 Å². The van der Waals surface area contributed by atoms with E-state index in [0.29, 0.717) is 17.4 Å². The molecule has 0 saturated heterocycles. The normalized spacial score (nSPS) is 14.0. The Morgan fingerprint density at radius 2 is 1.10 bits per heavy atom. The van der Waals surface area contributed by atoms with Crippen LogP contribution in [0.4, 0.5) is 0 Å². The lowest BCUT2D eigenvalue weighted by molar-refractivity contribution is -0.870. The van der Waals surface area contributed by atoms with Crippen LogP contribution in [0.5, 0.6) is 0 Å². The molecule has 0 radical (unpaired) electrons. The summed E-state index contributed by atoms with van der Waals surface area (Å²) < 4.78 is 34.0. The summed E-state index contributed by atoms with van der Waals surface area (Å²) in [6.07, 6.45) is 32.5. The van der Waals surface area contributed by atoms with E-state index < -0.39 is 26.5 Å². The second-order valence-corrected chi connectivity index (χ2v) is 15.8. The number of phosphoric ester groups is 1. The van der Waals surface area contributed by atoms with Crippen LogP contribution in [0.3, 0.4) is 0 Å². The zero-order valence-corrected chi connectivity index (χ0v) is 33.1. The van der Waals surface area contributed by atoms with Gasteiger partial charge < -0.3 is 18.9 Å². The van der Waals surface area contributed by atoms with Gasteiger partial charge >= 0.3 is 19.8 Å². The van der Waals surface area contributed by atoms with Gasteiger partial charge in [0.15, 0.2) is 6.10 Å². The first-order valence-electron chi connectivity index (χ1n) is 19.6. The van der Waals surface area contributed by atoms with Gasteiger partial charge in [-0.1, -0.05) is 128 Å². The largest absolute Gasteiger partial charge is 0.472 e. The number of carbonyl (C=O) groups excluding carboxylic acids is 2. The summed E-state index contributed by atoms with van der Waals surface area (Å²) in [5.74, 6) is -0.812. The Bertz CT molecular complexity index is 902. The monoisotopic (exact) mass is 717 g/mol. The number of allylic oxidation sites excluding steroid dienone is 4. The molecule has 0 aromatic rings. The van der Waals surface area contributed by atoms with Crippen molar-refractivity contribution in [3.05, 3.63) is 24.3 Å². The number of esters is 2. The molecule has 0 fully saturated rings. The van der Waals surface area contributed by atoms with Crippen LogP contribution < -0.4 is 0 Å². The van der Waals surface area contributed by atoms with Crippen LogP contribution in [0.25, 0.3) is 0 Å². The molecule has 1 N–H and O–H groups in total. The fourth-order valence-electron chi connectivity index (χ4n) is 5.10. The molecule has 2 atom stereocenters. The highest BCUT2D eigenvalue weighted by Gasteiger charge is 2.27. The molecular weight excluding hydrogens is 641 g/mol. The van der Waals surface area contributed by atoms with E-state index in [9.17, 15) is 19.0 Å². The average Bonchev–Trinajstić information content (AvgIpc) is 3.04. The molecule has 0 amide bonds. The first-order chi connectivity index (χ1) is 23.5. The maximum absolute atomic E-state index is 12.6. The van der Waals surface area contributed by atoms with Gasteiger partial charge in [0.2, 0.25) is 0 Å². The van der Waals surface area contributed by atoms with Gasteiger partial charge in [-0.25, -0.2) is 4.57 Å². The quantitative estimate of drug-likeness (QED) is 0.0227. The lowest BCUT2D eigenvalue weighted by Crippen LogP contribution is -2.37. The Balaban J connectivity index is 4.27. The van der Waals surface area contributed by atoms with E-state index in [-0.39, 0.29) is 32.0 Å². The fraction of sp³-hybridized carbons (Fsp3) is 0.846. The van der Waals surface area contributed by atoms with E-state index in [1.54, 1.807) is 0 Å². The molecule has 0 aliphatic rings. The van der Waals surface area contributed by atoms with Crippen molar-refractivity contribution in [3.8, 4) is 0 Å². The summed E-state index contributed by atoms with van der Waals surface area (Å²) in [5.41, 5.74) is 0. The van der Waals surface area contributed by atoms with Crippen molar-refractivity contribution in [2.24, 2.45) is 0 Å². The van der Waals surface area contributed by atoms with Gasteiger partial charge in [0.1, 0.15) is 19.8 Å². The lowest BCUT2D eigenvalue weighted by atomic mass is 10.1. The highest BCUT2D eigenvalue weighted by molar-refractivity contribution is 7.47.